The first-order chi connectivity index (χ1) is 8.88. The number of carbonyl (C=O) groups excluding carboxylic acids is 1. The molecule has 0 aliphatic carbocycles. The molecule has 1 aromatic rings. The van der Waals surface area contributed by atoms with Gasteiger partial charge in [-0.1, -0.05) is 38.1 Å². The molecule has 0 fully saturated rings. The number of nitrogens with one attached hydrogen (secondary N) is 1. The number of carbonyl (C=O) groups is 2. The molecule has 2 N–H and O–H groups in total. The van der Waals surface area contributed by atoms with Crippen LogP contribution < -0.4 is 5.32 Å². The molecular weight excluding hydrogens is 242 g/mol. The van der Waals surface area contributed by atoms with Gasteiger partial charge in [-0.25, -0.2) is 0 Å². The summed E-state index contributed by atoms with van der Waals surface area (Å²) in [7, 11) is 0. The molecule has 104 valence electrons. The number of rotatable bonds is 6. The SMILES string of the molecule is CC(=O)N[C@@H](CC(=O)O)c1ccc(CC(C)C)cc1. The van der Waals surface area contributed by atoms with Gasteiger partial charge in [-0.3, -0.25) is 9.59 Å². The zero-order valence-corrected chi connectivity index (χ0v) is 11.6. The van der Waals surface area contributed by atoms with Gasteiger partial charge in [-0.05, 0) is 23.5 Å². The predicted octanol–water partition coefficient (Wildman–Crippen LogP) is 2.54. The summed E-state index contributed by atoms with van der Waals surface area (Å²) in [4.78, 5) is 21.9. The van der Waals surface area contributed by atoms with Crippen LogP contribution in [0.2, 0.25) is 0 Å². The van der Waals surface area contributed by atoms with Gasteiger partial charge in [0.15, 0.2) is 0 Å². The van der Waals surface area contributed by atoms with E-state index >= 15 is 0 Å². The van der Waals surface area contributed by atoms with Crippen LogP contribution in [0.15, 0.2) is 24.3 Å². The van der Waals surface area contributed by atoms with E-state index in [0.717, 1.165) is 12.0 Å². The number of amides is 1. The molecule has 1 rings (SSSR count). The van der Waals surface area contributed by atoms with E-state index in [4.69, 9.17) is 5.11 Å². The number of benzene rings is 1. The van der Waals surface area contributed by atoms with Crippen LogP contribution in [0.1, 0.15) is 44.4 Å². The van der Waals surface area contributed by atoms with Crippen LogP contribution in [0.5, 0.6) is 0 Å². The quantitative estimate of drug-likeness (QED) is 0.828. The van der Waals surface area contributed by atoms with E-state index in [2.05, 4.69) is 19.2 Å². The molecule has 0 saturated heterocycles. The van der Waals surface area contributed by atoms with E-state index < -0.39 is 12.0 Å². The summed E-state index contributed by atoms with van der Waals surface area (Å²) in [5.74, 6) is -0.571. The first kappa shape index (κ1) is 15.2. The number of carboxylic acid groups (broad SMARTS) is 1. The Morgan fingerprint density at radius 3 is 2.21 bits per heavy atom. The number of aliphatic carboxylic acids is 1. The van der Waals surface area contributed by atoms with Gasteiger partial charge in [-0.2, -0.15) is 0 Å². The van der Waals surface area contributed by atoms with Gasteiger partial charge in [-0.15, -0.1) is 0 Å². The first-order valence-corrected chi connectivity index (χ1v) is 6.46. The van der Waals surface area contributed by atoms with E-state index in [9.17, 15) is 9.59 Å². The van der Waals surface area contributed by atoms with Crippen molar-refractivity contribution < 1.29 is 14.7 Å². The standard InChI is InChI=1S/C15H21NO3/c1-10(2)8-12-4-6-13(7-5-12)14(9-15(18)19)16-11(3)17/h4-7,10,14H,8-9H2,1-3H3,(H,16,17)(H,18,19)/t14-/m0/s1. The first-order valence-electron chi connectivity index (χ1n) is 6.46. The van der Waals surface area contributed by atoms with Gasteiger partial charge in [0.25, 0.3) is 0 Å². The Hall–Kier alpha value is -1.84. The van der Waals surface area contributed by atoms with Gasteiger partial charge in [0.1, 0.15) is 0 Å². The third-order valence-corrected chi connectivity index (χ3v) is 2.78. The second kappa shape index (κ2) is 6.92. The minimum Gasteiger partial charge on any atom is -0.481 e. The van der Waals surface area contributed by atoms with Gasteiger partial charge in [0.05, 0.1) is 12.5 Å². The fourth-order valence-corrected chi connectivity index (χ4v) is 2.03. The predicted molar refractivity (Wildman–Crippen MR) is 73.8 cm³/mol. The third kappa shape index (κ3) is 5.55. The molecule has 0 heterocycles. The molecule has 0 aliphatic rings. The monoisotopic (exact) mass is 263 g/mol. The Kier molecular flexibility index (Phi) is 5.55. The van der Waals surface area contributed by atoms with Crippen LogP contribution >= 0.6 is 0 Å². The Balaban J connectivity index is 2.83. The highest BCUT2D eigenvalue weighted by molar-refractivity contribution is 5.75. The van der Waals surface area contributed by atoms with Crippen LogP contribution in [0.3, 0.4) is 0 Å². The maximum atomic E-state index is 11.1. The van der Waals surface area contributed by atoms with E-state index in [-0.39, 0.29) is 12.3 Å². The van der Waals surface area contributed by atoms with E-state index in [1.165, 1.54) is 12.5 Å². The molecule has 1 aromatic carbocycles. The van der Waals surface area contributed by atoms with Crippen molar-refractivity contribution in [2.45, 2.75) is 39.7 Å². The molecule has 4 heteroatoms. The molecule has 0 bridgehead atoms. The summed E-state index contributed by atoms with van der Waals surface area (Å²) in [5.41, 5.74) is 2.04. The van der Waals surface area contributed by atoms with Crippen LogP contribution in [-0.4, -0.2) is 17.0 Å². The maximum absolute atomic E-state index is 11.1. The van der Waals surface area contributed by atoms with E-state index in [0.29, 0.717) is 5.92 Å². The summed E-state index contributed by atoms with van der Waals surface area (Å²) in [5, 5.41) is 11.5. The van der Waals surface area contributed by atoms with Crippen LogP contribution in [0, 0.1) is 5.92 Å². The van der Waals surface area contributed by atoms with E-state index in [1.54, 1.807) is 0 Å². The highest BCUT2D eigenvalue weighted by Crippen LogP contribution is 2.19. The third-order valence-electron chi connectivity index (χ3n) is 2.78. The molecule has 4 nitrogen and oxygen atoms in total. The van der Waals surface area contributed by atoms with Gasteiger partial charge in [0.2, 0.25) is 5.91 Å². The maximum Gasteiger partial charge on any atom is 0.305 e. The highest BCUT2D eigenvalue weighted by Gasteiger charge is 2.16. The molecule has 0 aliphatic heterocycles. The van der Waals surface area contributed by atoms with Gasteiger partial charge < -0.3 is 10.4 Å². The smallest absolute Gasteiger partial charge is 0.305 e. The fraction of sp³-hybridized carbons (Fsp3) is 0.467. The van der Waals surface area contributed by atoms with Gasteiger partial charge >= 0.3 is 5.97 Å². The van der Waals surface area contributed by atoms with Crippen molar-refractivity contribution in [3.8, 4) is 0 Å². The highest BCUT2D eigenvalue weighted by atomic mass is 16.4. The molecule has 0 spiro atoms. The molecule has 0 aromatic heterocycles. The number of hydrogen-bond acceptors (Lipinski definition) is 2. The zero-order chi connectivity index (χ0) is 14.4. The van der Waals surface area contributed by atoms with Crippen molar-refractivity contribution in [1.82, 2.24) is 5.32 Å². The average Bonchev–Trinajstić information content (AvgIpc) is 2.27. The molecular formula is C15H21NO3. The second-order valence-electron chi connectivity index (χ2n) is 5.19. The lowest BCUT2D eigenvalue weighted by Gasteiger charge is -2.17. The summed E-state index contributed by atoms with van der Waals surface area (Å²) in [6, 6.07) is 7.30. The Morgan fingerprint density at radius 1 is 1.21 bits per heavy atom. The molecule has 0 saturated carbocycles. The van der Waals surface area contributed by atoms with Crippen molar-refractivity contribution in [1.29, 1.82) is 0 Å². The largest absolute Gasteiger partial charge is 0.481 e. The van der Waals surface area contributed by atoms with Crippen molar-refractivity contribution in [3.05, 3.63) is 35.4 Å². The van der Waals surface area contributed by atoms with Crippen LogP contribution in [0.25, 0.3) is 0 Å². The average molecular weight is 263 g/mol. The normalized spacial score (nSPS) is 12.2. The summed E-state index contributed by atoms with van der Waals surface area (Å²) in [6.45, 7) is 5.69. The zero-order valence-electron chi connectivity index (χ0n) is 11.6. The molecule has 1 atom stereocenters. The van der Waals surface area contributed by atoms with Crippen LogP contribution in [0.4, 0.5) is 0 Å². The lowest BCUT2D eigenvalue weighted by atomic mass is 9.98. The summed E-state index contributed by atoms with van der Waals surface area (Å²) >= 11 is 0. The lowest BCUT2D eigenvalue weighted by Crippen LogP contribution is -2.27. The fourth-order valence-electron chi connectivity index (χ4n) is 2.03. The van der Waals surface area contributed by atoms with Crippen LogP contribution in [-0.2, 0) is 16.0 Å². The summed E-state index contributed by atoms with van der Waals surface area (Å²) in [6.07, 6.45) is 0.882. The minimum atomic E-state index is -0.926. The van der Waals surface area contributed by atoms with Crippen molar-refractivity contribution >= 4 is 11.9 Å². The number of hydrogen-bond donors (Lipinski definition) is 2. The molecule has 1 amide bonds. The van der Waals surface area contributed by atoms with E-state index in [1.807, 2.05) is 24.3 Å². The lowest BCUT2D eigenvalue weighted by molar-refractivity contribution is -0.137. The summed E-state index contributed by atoms with van der Waals surface area (Å²) < 4.78 is 0. The van der Waals surface area contributed by atoms with Crippen molar-refractivity contribution in [2.24, 2.45) is 5.92 Å². The Labute approximate surface area is 113 Å². The number of carboxylic acids is 1. The van der Waals surface area contributed by atoms with Crippen molar-refractivity contribution in [2.75, 3.05) is 0 Å². The molecule has 19 heavy (non-hydrogen) atoms. The molecule has 0 unspecified atom stereocenters. The second-order valence-corrected chi connectivity index (χ2v) is 5.19. The van der Waals surface area contributed by atoms with Crippen molar-refractivity contribution in [3.63, 3.8) is 0 Å². The topological polar surface area (TPSA) is 66.4 Å². The molecule has 0 radical (unpaired) electrons. The Bertz CT molecular complexity index is 421. The Morgan fingerprint density at radius 2 is 1.79 bits per heavy atom. The minimum absolute atomic E-state index is 0.108. The van der Waals surface area contributed by atoms with Gasteiger partial charge in [0, 0.05) is 6.92 Å².